The summed E-state index contributed by atoms with van der Waals surface area (Å²) >= 11 is 5.89. The maximum atomic E-state index is 12.3. The summed E-state index contributed by atoms with van der Waals surface area (Å²) in [4.78, 5) is 34.2. The third-order valence-electron chi connectivity index (χ3n) is 3.27. The van der Waals surface area contributed by atoms with Crippen molar-refractivity contribution in [3.05, 3.63) is 58.1 Å². The van der Waals surface area contributed by atoms with Crippen LogP contribution in [-0.4, -0.2) is 23.0 Å². The largest absolute Gasteiger partial charge is 0.478 e. The van der Waals surface area contributed by atoms with Crippen molar-refractivity contribution in [2.45, 2.75) is 13.5 Å². The van der Waals surface area contributed by atoms with Gasteiger partial charge in [0.05, 0.1) is 21.8 Å². The molecule has 8 heteroatoms. The van der Waals surface area contributed by atoms with Gasteiger partial charge in [0.25, 0.3) is 5.91 Å². The second kappa shape index (κ2) is 7.67. The smallest absolute Gasteiger partial charge is 0.337 e. The van der Waals surface area contributed by atoms with Crippen LogP contribution in [0.15, 0.2) is 36.4 Å². The molecule has 0 unspecified atom stereocenters. The van der Waals surface area contributed by atoms with Crippen LogP contribution in [0.3, 0.4) is 0 Å². The SMILES string of the molecule is CC(=O)Oc1cccc(CNC(=O)c2ccc(C(=O)O)c(Cl)c2N)c1. The number of amides is 1. The van der Waals surface area contributed by atoms with Crippen molar-refractivity contribution in [3.63, 3.8) is 0 Å². The number of nitrogens with one attached hydrogen (secondary N) is 1. The number of anilines is 1. The number of esters is 1. The number of carbonyl (C=O) groups is 3. The first-order chi connectivity index (χ1) is 11.8. The zero-order valence-electron chi connectivity index (χ0n) is 13.2. The summed E-state index contributed by atoms with van der Waals surface area (Å²) in [7, 11) is 0. The predicted molar refractivity (Wildman–Crippen MR) is 91.7 cm³/mol. The van der Waals surface area contributed by atoms with E-state index in [4.69, 9.17) is 27.2 Å². The fourth-order valence-corrected chi connectivity index (χ4v) is 2.36. The first kappa shape index (κ1) is 18.3. The number of rotatable bonds is 5. The van der Waals surface area contributed by atoms with Crippen molar-refractivity contribution in [1.29, 1.82) is 0 Å². The first-order valence-electron chi connectivity index (χ1n) is 7.16. The molecule has 0 bridgehead atoms. The molecule has 2 aromatic rings. The summed E-state index contributed by atoms with van der Waals surface area (Å²) in [5.74, 6) is -1.81. The minimum atomic E-state index is -1.23. The first-order valence-corrected chi connectivity index (χ1v) is 7.54. The zero-order chi connectivity index (χ0) is 18.6. The molecule has 4 N–H and O–H groups in total. The van der Waals surface area contributed by atoms with Gasteiger partial charge in [-0.1, -0.05) is 23.7 Å². The van der Waals surface area contributed by atoms with Crippen molar-refractivity contribution < 1.29 is 24.2 Å². The molecule has 0 aliphatic heterocycles. The third-order valence-corrected chi connectivity index (χ3v) is 3.68. The number of hydrogen-bond acceptors (Lipinski definition) is 5. The van der Waals surface area contributed by atoms with E-state index in [-0.39, 0.29) is 28.4 Å². The highest BCUT2D eigenvalue weighted by atomic mass is 35.5. The molecule has 0 fully saturated rings. The van der Waals surface area contributed by atoms with Gasteiger partial charge in [0.1, 0.15) is 5.75 Å². The van der Waals surface area contributed by atoms with E-state index in [9.17, 15) is 14.4 Å². The average molecular weight is 363 g/mol. The van der Waals surface area contributed by atoms with Crippen molar-refractivity contribution >= 4 is 35.1 Å². The number of nitrogens with two attached hydrogens (primary N) is 1. The van der Waals surface area contributed by atoms with Crippen LogP contribution in [0.4, 0.5) is 5.69 Å². The lowest BCUT2D eigenvalue weighted by Gasteiger charge is -2.11. The van der Waals surface area contributed by atoms with Crippen molar-refractivity contribution in [2.75, 3.05) is 5.73 Å². The highest BCUT2D eigenvalue weighted by Crippen LogP contribution is 2.27. The van der Waals surface area contributed by atoms with Crippen molar-refractivity contribution in [1.82, 2.24) is 5.32 Å². The second-order valence-corrected chi connectivity index (χ2v) is 5.50. The van der Waals surface area contributed by atoms with E-state index in [1.165, 1.54) is 19.1 Å². The number of hydrogen-bond donors (Lipinski definition) is 3. The monoisotopic (exact) mass is 362 g/mol. The Morgan fingerprint density at radius 1 is 1.20 bits per heavy atom. The standard InChI is InChI=1S/C17H15ClN2O5/c1-9(21)25-11-4-2-3-10(7-11)8-20-16(22)13-6-5-12(17(23)24)14(18)15(13)19/h2-7H,8,19H2,1H3,(H,20,22)(H,23,24). The van der Waals surface area contributed by atoms with Gasteiger partial charge in [-0.2, -0.15) is 0 Å². The maximum Gasteiger partial charge on any atom is 0.337 e. The van der Waals surface area contributed by atoms with Gasteiger partial charge in [0.2, 0.25) is 0 Å². The molecular formula is C17H15ClN2O5. The van der Waals surface area contributed by atoms with Crippen molar-refractivity contribution in [2.24, 2.45) is 0 Å². The molecular weight excluding hydrogens is 348 g/mol. The van der Waals surface area contributed by atoms with Crippen LogP contribution in [0.25, 0.3) is 0 Å². The van der Waals surface area contributed by atoms with Gasteiger partial charge in [-0.3, -0.25) is 9.59 Å². The Balaban J connectivity index is 2.12. The highest BCUT2D eigenvalue weighted by Gasteiger charge is 2.18. The van der Waals surface area contributed by atoms with Crippen molar-refractivity contribution in [3.8, 4) is 5.75 Å². The van der Waals surface area contributed by atoms with Gasteiger partial charge in [-0.15, -0.1) is 0 Å². The lowest BCUT2D eigenvalue weighted by molar-refractivity contribution is -0.131. The fraction of sp³-hybridized carbons (Fsp3) is 0.118. The van der Waals surface area contributed by atoms with E-state index in [1.807, 2.05) is 0 Å². The van der Waals surface area contributed by atoms with Crippen LogP contribution >= 0.6 is 11.6 Å². The maximum absolute atomic E-state index is 12.3. The minimum Gasteiger partial charge on any atom is -0.478 e. The molecule has 0 saturated heterocycles. The molecule has 0 heterocycles. The molecule has 130 valence electrons. The number of nitrogen functional groups attached to an aromatic ring is 1. The van der Waals surface area contributed by atoms with Crippen LogP contribution in [0.1, 0.15) is 33.2 Å². The second-order valence-electron chi connectivity index (χ2n) is 5.12. The third kappa shape index (κ3) is 4.48. The van der Waals surface area contributed by atoms with E-state index in [0.717, 1.165) is 0 Å². The van der Waals surface area contributed by atoms with Crippen LogP contribution in [-0.2, 0) is 11.3 Å². The normalized spacial score (nSPS) is 10.2. The minimum absolute atomic E-state index is 0.0751. The molecule has 1 amide bonds. The van der Waals surface area contributed by atoms with Gasteiger partial charge in [0.15, 0.2) is 0 Å². The lowest BCUT2D eigenvalue weighted by atomic mass is 10.1. The van der Waals surface area contributed by atoms with Gasteiger partial charge in [-0.25, -0.2) is 4.79 Å². The topological polar surface area (TPSA) is 119 Å². The molecule has 25 heavy (non-hydrogen) atoms. The van der Waals surface area contributed by atoms with E-state index in [1.54, 1.807) is 24.3 Å². The summed E-state index contributed by atoms with van der Waals surface area (Å²) in [6, 6.07) is 9.19. The molecule has 0 radical (unpaired) electrons. The summed E-state index contributed by atoms with van der Waals surface area (Å²) in [6.07, 6.45) is 0. The van der Waals surface area contributed by atoms with E-state index in [0.29, 0.717) is 11.3 Å². The van der Waals surface area contributed by atoms with Crippen LogP contribution < -0.4 is 15.8 Å². The Bertz CT molecular complexity index is 851. The number of aromatic carboxylic acids is 1. The van der Waals surface area contributed by atoms with E-state index >= 15 is 0 Å². The average Bonchev–Trinajstić information content (AvgIpc) is 2.54. The number of benzene rings is 2. The molecule has 2 aromatic carbocycles. The molecule has 0 aliphatic rings. The Kier molecular flexibility index (Phi) is 5.61. The molecule has 0 saturated carbocycles. The number of ether oxygens (including phenoxy) is 1. The molecule has 0 spiro atoms. The molecule has 0 atom stereocenters. The number of halogens is 1. The molecule has 0 aliphatic carbocycles. The molecule has 0 aromatic heterocycles. The Morgan fingerprint density at radius 2 is 1.88 bits per heavy atom. The highest BCUT2D eigenvalue weighted by molar-refractivity contribution is 6.36. The summed E-state index contributed by atoms with van der Waals surface area (Å²) in [5.41, 5.74) is 6.26. The Labute approximate surface area is 148 Å². The predicted octanol–water partition coefficient (Wildman–Crippen LogP) is 2.48. The van der Waals surface area contributed by atoms with Crippen LogP contribution in [0.2, 0.25) is 5.02 Å². The van der Waals surface area contributed by atoms with Gasteiger partial charge in [-0.05, 0) is 29.8 Å². The summed E-state index contributed by atoms with van der Waals surface area (Å²) in [5, 5.41) is 11.4. The fourth-order valence-electron chi connectivity index (χ4n) is 2.12. The van der Waals surface area contributed by atoms with E-state index < -0.39 is 17.8 Å². The molecule has 2 rings (SSSR count). The van der Waals surface area contributed by atoms with E-state index in [2.05, 4.69) is 5.32 Å². The Hall–Kier alpha value is -3.06. The van der Waals surface area contributed by atoms with Crippen LogP contribution in [0.5, 0.6) is 5.75 Å². The van der Waals surface area contributed by atoms with Gasteiger partial charge >= 0.3 is 11.9 Å². The summed E-state index contributed by atoms with van der Waals surface area (Å²) in [6.45, 7) is 1.45. The number of carboxylic acid groups (broad SMARTS) is 1. The Morgan fingerprint density at radius 3 is 2.52 bits per heavy atom. The van der Waals surface area contributed by atoms with Gasteiger partial charge in [0, 0.05) is 13.5 Å². The quantitative estimate of drug-likeness (QED) is 0.427. The van der Waals surface area contributed by atoms with Gasteiger partial charge < -0.3 is 20.9 Å². The number of carboxylic acids is 1. The molecule has 7 nitrogen and oxygen atoms in total. The zero-order valence-corrected chi connectivity index (χ0v) is 14.0. The number of carbonyl (C=O) groups excluding carboxylic acids is 2. The summed E-state index contributed by atoms with van der Waals surface area (Å²) < 4.78 is 4.97. The van der Waals surface area contributed by atoms with Crippen LogP contribution in [0, 0.1) is 0 Å². The lowest BCUT2D eigenvalue weighted by Crippen LogP contribution is -2.24.